The number of amides is 2. The topological polar surface area (TPSA) is 115 Å². The third-order valence-corrected chi connectivity index (χ3v) is 6.92. The number of β-lactam (4-membered cyclic amide) rings is 1. The Kier molecular flexibility index (Phi) is 6.42. The van der Waals surface area contributed by atoms with Gasteiger partial charge in [-0.1, -0.05) is 60.7 Å². The molecular formula is C26H28N2O8. The van der Waals surface area contributed by atoms with Crippen molar-refractivity contribution in [3.05, 3.63) is 71.8 Å². The SMILES string of the molecule is CC1OC(C)C(C(=O)OCc2ccccc2)(N2C(=O)[C@@H](N3C(=O)OC[C@@H]3c3ccccc3)[C@H]2CO)O1. The Labute approximate surface area is 208 Å². The lowest BCUT2D eigenvalue weighted by Gasteiger charge is -2.55. The molecule has 10 nitrogen and oxygen atoms in total. The number of hydrogen-bond donors (Lipinski definition) is 1. The molecule has 0 bridgehead atoms. The highest BCUT2D eigenvalue weighted by molar-refractivity contribution is 5.97. The second kappa shape index (κ2) is 9.53. The van der Waals surface area contributed by atoms with Gasteiger partial charge in [-0.15, -0.1) is 0 Å². The number of carbonyl (C=O) groups is 3. The lowest BCUT2D eigenvalue weighted by atomic mass is 9.87. The number of rotatable bonds is 7. The molecule has 190 valence electrons. The highest BCUT2D eigenvalue weighted by Crippen LogP contribution is 2.44. The van der Waals surface area contributed by atoms with Crippen LogP contribution >= 0.6 is 0 Å². The lowest BCUT2D eigenvalue weighted by Crippen LogP contribution is -2.81. The van der Waals surface area contributed by atoms with Crippen molar-refractivity contribution >= 4 is 18.0 Å². The van der Waals surface area contributed by atoms with E-state index in [-0.39, 0.29) is 13.2 Å². The average molecular weight is 497 g/mol. The Morgan fingerprint density at radius 3 is 2.36 bits per heavy atom. The summed E-state index contributed by atoms with van der Waals surface area (Å²) in [6, 6.07) is 15.8. The van der Waals surface area contributed by atoms with E-state index in [1.165, 1.54) is 4.90 Å². The standard InChI is InChI=1S/C26H28N2O8/c1-16-26(36-17(2)35-16,24(31)33-14-18-9-5-3-6-10-18)28-20(13-29)22(23(28)30)27-21(15-34-25(27)32)19-11-7-4-8-12-19/h3-12,16-17,20-22,29H,13-15H2,1-2H3/t16?,17?,20-,21-,22+,26?/m1/s1. The molecule has 5 rings (SSSR count). The van der Waals surface area contributed by atoms with Crippen molar-refractivity contribution in [3.8, 4) is 0 Å². The number of likely N-dealkylation sites (tertiary alicyclic amines) is 1. The predicted octanol–water partition coefficient (Wildman–Crippen LogP) is 1.97. The van der Waals surface area contributed by atoms with Crippen molar-refractivity contribution < 1.29 is 38.4 Å². The van der Waals surface area contributed by atoms with E-state index >= 15 is 0 Å². The van der Waals surface area contributed by atoms with Gasteiger partial charge in [-0.05, 0) is 25.0 Å². The predicted molar refractivity (Wildman–Crippen MR) is 124 cm³/mol. The molecule has 3 aliphatic heterocycles. The maximum Gasteiger partial charge on any atom is 0.411 e. The number of aliphatic hydroxyl groups excluding tert-OH is 1. The molecule has 3 unspecified atom stereocenters. The number of aliphatic hydroxyl groups is 1. The summed E-state index contributed by atoms with van der Waals surface area (Å²) in [5, 5.41) is 10.3. The largest absolute Gasteiger partial charge is 0.457 e. The second-order valence-electron chi connectivity index (χ2n) is 9.04. The molecule has 0 radical (unpaired) electrons. The first-order valence-corrected chi connectivity index (χ1v) is 11.9. The van der Waals surface area contributed by atoms with Gasteiger partial charge in [0.05, 0.1) is 18.7 Å². The van der Waals surface area contributed by atoms with E-state index in [0.717, 1.165) is 16.0 Å². The zero-order chi connectivity index (χ0) is 25.4. The van der Waals surface area contributed by atoms with Crippen LogP contribution in [-0.2, 0) is 35.1 Å². The number of benzene rings is 2. The monoisotopic (exact) mass is 496 g/mol. The van der Waals surface area contributed by atoms with Gasteiger partial charge in [0.15, 0.2) is 6.29 Å². The number of cyclic esters (lactones) is 1. The van der Waals surface area contributed by atoms with Crippen molar-refractivity contribution in [2.75, 3.05) is 13.2 Å². The summed E-state index contributed by atoms with van der Waals surface area (Å²) in [7, 11) is 0. The summed E-state index contributed by atoms with van der Waals surface area (Å²) in [6.45, 7) is 2.75. The van der Waals surface area contributed by atoms with Crippen molar-refractivity contribution in [1.82, 2.24) is 9.80 Å². The van der Waals surface area contributed by atoms with Crippen LogP contribution in [0.2, 0.25) is 0 Å². The molecule has 3 heterocycles. The third-order valence-electron chi connectivity index (χ3n) is 6.92. The molecule has 0 aliphatic carbocycles. The van der Waals surface area contributed by atoms with Crippen LogP contribution in [0.5, 0.6) is 0 Å². The number of ether oxygens (including phenoxy) is 4. The van der Waals surface area contributed by atoms with Crippen LogP contribution in [0, 0.1) is 0 Å². The number of esters is 1. The lowest BCUT2D eigenvalue weighted by molar-refractivity contribution is -0.233. The van der Waals surface area contributed by atoms with Gasteiger partial charge in [0, 0.05) is 0 Å². The summed E-state index contributed by atoms with van der Waals surface area (Å²) >= 11 is 0. The first kappa shape index (κ1) is 24.2. The van der Waals surface area contributed by atoms with Crippen LogP contribution in [-0.4, -0.2) is 76.3 Å². The van der Waals surface area contributed by atoms with E-state index in [0.29, 0.717) is 0 Å². The first-order chi connectivity index (χ1) is 17.4. The molecule has 3 fully saturated rings. The molecule has 3 aliphatic rings. The number of hydrogen-bond acceptors (Lipinski definition) is 8. The summed E-state index contributed by atoms with van der Waals surface area (Å²) < 4.78 is 22.5. The Morgan fingerprint density at radius 2 is 1.75 bits per heavy atom. The smallest absolute Gasteiger partial charge is 0.411 e. The minimum absolute atomic E-state index is 0.0321. The quantitative estimate of drug-likeness (QED) is 0.457. The van der Waals surface area contributed by atoms with Crippen LogP contribution in [0.25, 0.3) is 0 Å². The van der Waals surface area contributed by atoms with Crippen molar-refractivity contribution in [3.63, 3.8) is 0 Å². The summed E-state index contributed by atoms with van der Waals surface area (Å²) in [4.78, 5) is 42.4. The van der Waals surface area contributed by atoms with E-state index in [1.807, 2.05) is 60.7 Å². The summed E-state index contributed by atoms with van der Waals surface area (Å²) in [6.07, 6.45) is -2.35. The van der Waals surface area contributed by atoms with Gasteiger partial charge in [0.25, 0.3) is 11.6 Å². The fourth-order valence-corrected chi connectivity index (χ4v) is 5.25. The average Bonchev–Trinajstić information content (AvgIpc) is 3.40. The zero-order valence-corrected chi connectivity index (χ0v) is 20.0. The van der Waals surface area contributed by atoms with E-state index in [4.69, 9.17) is 18.9 Å². The maximum absolute atomic E-state index is 13.7. The zero-order valence-electron chi connectivity index (χ0n) is 20.0. The van der Waals surface area contributed by atoms with Crippen LogP contribution in [0.3, 0.4) is 0 Å². The van der Waals surface area contributed by atoms with Crippen LogP contribution < -0.4 is 0 Å². The van der Waals surface area contributed by atoms with Crippen LogP contribution in [0.1, 0.15) is 31.0 Å². The normalized spacial score (nSPS) is 31.8. The second-order valence-corrected chi connectivity index (χ2v) is 9.04. The van der Waals surface area contributed by atoms with E-state index in [2.05, 4.69) is 0 Å². The Bertz CT molecular complexity index is 1130. The van der Waals surface area contributed by atoms with Gasteiger partial charge in [0.2, 0.25) is 0 Å². The molecule has 36 heavy (non-hydrogen) atoms. The van der Waals surface area contributed by atoms with Crippen molar-refractivity contribution in [1.29, 1.82) is 0 Å². The molecule has 2 aromatic rings. The van der Waals surface area contributed by atoms with Crippen molar-refractivity contribution in [2.45, 2.75) is 56.7 Å². The van der Waals surface area contributed by atoms with Crippen LogP contribution in [0.15, 0.2) is 60.7 Å². The highest BCUT2D eigenvalue weighted by Gasteiger charge is 2.69. The number of carbonyl (C=O) groups excluding carboxylic acids is 3. The molecule has 10 heteroatoms. The molecule has 0 saturated carbocycles. The Morgan fingerprint density at radius 1 is 1.08 bits per heavy atom. The Balaban J connectivity index is 1.44. The third kappa shape index (κ3) is 3.82. The molecule has 3 saturated heterocycles. The molecule has 2 aromatic carbocycles. The fraction of sp³-hybridized carbons (Fsp3) is 0.423. The van der Waals surface area contributed by atoms with Gasteiger partial charge in [-0.2, -0.15) is 0 Å². The van der Waals surface area contributed by atoms with E-state index in [9.17, 15) is 19.5 Å². The maximum atomic E-state index is 13.7. The minimum Gasteiger partial charge on any atom is -0.457 e. The molecule has 1 N–H and O–H groups in total. The molecular weight excluding hydrogens is 468 g/mol. The molecule has 2 amide bonds. The Hall–Kier alpha value is -3.47. The number of nitrogens with zero attached hydrogens (tertiary/aromatic N) is 2. The fourth-order valence-electron chi connectivity index (χ4n) is 5.25. The van der Waals surface area contributed by atoms with Gasteiger partial charge < -0.3 is 24.1 Å². The molecule has 0 spiro atoms. The molecule has 0 aromatic heterocycles. The molecule has 6 atom stereocenters. The minimum atomic E-state index is -1.92. The van der Waals surface area contributed by atoms with E-state index < -0.39 is 60.8 Å². The van der Waals surface area contributed by atoms with Gasteiger partial charge in [-0.3, -0.25) is 14.6 Å². The van der Waals surface area contributed by atoms with Crippen molar-refractivity contribution in [2.24, 2.45) is 0 Å². The van der Waals surface area contributed by atoms with Gasteiger partial charge in [0.1, 0.15) is 25.4 Å². The van der Waals surface area contributed by atoms with Crippen LogP contribution in [0.4, 0.5) is 4.79 Å². The highest BCUT2D eigenvalue weighted by atomic mass is 16.8. The van der Waals surface area contributed by atoms with E-state index in [1.54, 1.807) is 13.8 Å². The summed E-state index contributed by atoms with van der Waals surface area (Å²) in [5.41, 5.74) is -0.357. The summed E-state index contributed by atoms with van der Waals surface area (Å²) in [5.74, 6) is -1.37. The van der Waals surface area contributed by atoms with Gasteiger partial charge >= 0.3 is 12.1 Å². The first-order valence-electron chi connectivity index (χ1n) is 11.9. The van der Waals surface area contributed by atoms with Gasteiger partial charge in [-0.25, -0.2) is 9.59 Å².